The molecule has 208 valence electrons. The quantitative estimate of drug-likeness (QED) is 0.132. The monoisotopic (exact) mass is 541 g/mol. The minimum Gasteiger partial charge on any atom is -0.494 e. The van der Waals surface area contributed by atoms with Crippen LogP contribution in [0.25, 0.3) is 11.1 Å². The number of rotatable bonds is 15. The molecule has 0 fully saturated rings. The first kappa shape index (κ1) is 28.4. The molecule has 0 unspecified atom stereocenters. The van der Waals surface area contributed by atoms with Crippen LogP contribution >= 0.6 is 0 Å². The second-order valence-electron chi connectivity index (χ2n) is 9.26. The van der Waals surface area contributed by atoms with Gasteiger partial charge in [-0.2, -0.15) is 4.98 Å². The van der Waals surface area contributed by atoms with Crippen molar-refractivity contribution >= 4 is 29.2 Å². The molecule has 0 spiro atoms. The summed E-state index contributed by atoms with van der Waals surface area (Å²) < 4.78 is 11.8. The summed E-state index contributed by atoms with van der Waals surface area (Å²) in [5.41, 5.74) is 2.22. The van der Waals surface area contributed by atoms with Crippen LogP contribution in [0.1, 0.15) is 55.8 Å². The van der Waals surface area contributed by atoms with Gasteiger partial charge in [0.1, 0.15) is 22.9 Å². The zero-order valence-corrected chi connectivity index (χ0v) is 22.9. The largest absolute Gasteiger partial charge is 0.494 e. The number of nitrogens with one attached hydrogen (secondary N) is 2. The Morgan fingerprint density at radius 1 is 0.925 bits per heavy atom. The van der Waals surface area contributed by atoms with Crippen molar-refractivity contribution in [3.63, 3.8) is 0 Å². The third-order valence-corrected chi connectivity index (χ3v) is 6.31. The molecule has 0 amide bonds. The molecule has 9 nitrogen and oxygen atoms in total. The Morgan fingerprint density at radius 2 is 1.75 bits per heavy atom. The molecule has 2 aromatic heterocycles. The number of benzene rings is 2. The van der Waals surface area contributed by atoms with Gasteiger partial charge in [-0.3, -0.25) is 0 Å². The van der Waals surface area contributed by atoms with Gasteiger partial charge in [0.2, 0.25) is 5.95 Å². The number of aromatic nitrogens is 3. The number of hydrogen-bond donors (Lipinski definition) is 3. The Bertz CT molecular complexity index is 1400. The maximum Gasteiger partial charge on any atom is 0.341 e. The lowest BCUT2D eigenvalue weighted by atomic mass is 10.0. The Morgan fingerprint density at radius 3 is 2.52 bits per heavy atom. The lowest BCUT2D eigenvalue weighted by molar-refractivity contribution is 0.0697. The topological polar surface area (TPSA) is 118 Å². The highest BCUT2D eigenvalue weighted by Crippen LogP contribution is 2.39. The summed E-state index contributed by atoms with van der Waals surface area (Å²) in [7, 11) is 1.58. The van der Waals surface area contributed by atoms with E-state index in [1.165, 1.54) is 38.3 Å². The zero-order chi connectivity index (χ0) is 28.2. The SMILES string of the molecule is CCCCCCCCOc1cccc(-c2cccc(Nc3nc(Nc4ccccn4)ncc3C(=O)O)c2OC)c1. The van der Waals surface area contributed by atoms with Gasteiger partial charge in [-0.15, -0.1) is 0 Å². The van der Waals surface area contributed by atoms with Gasteiger partial charge in [0.25, 0.3) is 0 Å². The van der Waals surface area contributed by atoms with Crippen molar-refractivity contribution in [1.29, 1.82) is 0 Å². The van der Waals surface area contributed by atoms with Crippen LogP contribution in [0.5, 0.6) is 11.5 Å². The van der Waals surface area contributed by atoms with Crippen molar-refractivity contribution in [3.05, 3.63) is 78.6 Å². The summed E-state index contributed by atoms with van der Waals surface area (Å²) in [6.45, 7) is 2.90. The molecule has 4 aromatic rings. The Kier molecular flexibility index (Phi) is 10.3. The maximum absolute atomic E-state index is 11.9. The van der Waals surface area contributed by atoms with E-state index in [0.29, 0.717) is 23.9 Å². The molecular formula is C31H35N5O4. The number of aromatic carboxylic acids is 1. The Balaban J connectivity index is 1.54. The molecule has 0 saturated carbocycles. The summed E-state index contributed by atoms with van der Waals surface area (Å²) in [5, 5.41) is 15.9. The summed E-state index contributed by atoms with van der Waals surface area (Å²) >= 11 is 0. The summed E-state index contributed by atoms with van der Waals surface area (Å²) in [5.74, 6) is 1.04. The first-order valence-corrected chi connectivity index (χ1v) is 13.5. The number of carbonyl (C=O) groups is 1. The Hall–Kier alpha value is -4.66. The van der Waals surface area contributed by atoms with Gasteiger partial charge in [-0.05, 0) is 42.3 Å². The number of para-hydroxylation sites is 1. The number of carboxylic acid groups (broad SMARTS) is 1. The third-order valence-electron chi connectivity index (χ3n) is 6.31. The predicted octanol–water partition coefficient (Wildman–Crippen LogP) is 7.47. The average molecular weight is 542 g/mol. The molecule has 2 aromatic carbocycles. The molecule has 9 heteroatoms. The van der Waals surface area contributed by atoms with E-state index in [-0.39, 0.29) is 17.3 Å². The van der Waals surface area contributed by atoms with Gasteiger partial charge in [0.05, 0.1) is 19.4 Å². The van der Waals surface area contributed by atoms with E-state index in [0.717, 1.165) is 23.3 Å². The summed E-state index contributed by atoms with van der Waals surface area (Å²) in [6.07, 6.45) is 10.1. The smallest absolute Gasteiger partial charge is 0.341 e. The van der Waals surface area contributed by atoms with Crippen molar-refractivity contribution in [2.24, 2.45) is 0 Å². The van der Waals surface area contributed by atoms with E-state index >= 15 is 0 Å². The molecule has 3 N–H and O–H groups in total. The van der Waals surface area contributed by atoms with E-state index in [1.807, 2.05) is 42.5 Å². The first-order chi connectivity index (χ1) is 19.6. The van der Waals surface area contributed by atoms with Crippen molar-refractivity contribution in [3.8, 4) is 22.6 Å². The predicted molar refractivity (Wildman–Crippen MR) is 157 cm³/mol. The van der Waals surface area contributed by atoms with Gasteiger partial charge in [-0.1, -0.05) is 69.4 Å². The molecule has 0 saturated heterocycles. The standard InChI is InChI=1S/C31H35N5O4/c1-3-4-5-6-7-10-19-40-23-14-11-13-22(20-23)24-15-12-16-26(28(24)39-2)34-29-25(30(37)38)21-33-31(36-29)35-27-17-8-9-18-32-27/h8-9,11-18,20-21H,3-7,10,19H2,1-2H3,(H,37,38)(H2,32,33,34,35,36). The minimum absolute atomic E-state index is 0.0795. The molecule has 2 heterocycles. The number of ether oxygens (including phenoxy) is 2. The molecule has 0 radical (unpaired) electrons. The van der Waals surface area contributed by atoms with E-state index in [4.69, 9.17) is 9.47 Å². The highest BCUT2D eigenvalue weighted by molar-refractivity contribution is 5.94. The Labute approximate surface area is 234 Å². The lowest BCUT2D eigenvalue weighted by Crippen LogP contribution is -2.09. The number of anilines is 4. The van der Waals surface area contributed by atoms with Gasteiger partial charge in [0.15, 0.2) is 5.82 Å². The van der Waals surface area contributed by atoms with Crippen LogP contribution in [0.4, 0.5) is 23.3 Å². The maximum atomic E-state index is 11.9. The van der Waals surface area contributed by atoms with Crippen molar-refractivity contribution < 1.29 is 19.4 Å². The van der Waals surface area contributed by atoms with Gasteiger partial charge >= 0.3 is 5.97 Å². The second kappa shape index (κ2) is 14.5. The number of pyridine rings is 1. The van der Waals surface area contributed by atoms with Gasteiger partial charge in [-0.25, -0.2) is 14.8 Å². The normalized spacial score (nSPS) is 10.7. The minimum atomic E-state index is -1.16. The molecule has 40 heavy (non-hydrogen) atoms. The second-order valence-corrected chi connectivity index (χ2v) is 9.26. The fraction of sp³-hybridized carbons (Fsp3) is 0.290. The van der Waals surface area contributed by atoms with E-state index < -0.39 is 5.97 Å². The molecule has 0 bridgehead atoms. The average Bonchev–Trinajstić information content (AvgIpc) is 2.97. The van der Waals surface area contributed by atoms with Gasteiger partial charge < -0.3 is 25.2 Å². The van der Waals surface area contributed by atoms with Crippen LogP contribution in [0.15, 0.2) is 73.1 Å². The van der Waals surface area contributed by atoms with Crippen molar-refractivity contribution in [2.75, 3.05) is 24.4 Å². The molecule has 0 aliphatic heterocycles. The highest BCUT2D eigenvalue weighted by Gasteiger charge is 2.18. The fourth-order valence-electron chi connectivity index (χ4n) is 4.28. The number of nitrogens with zero attached hydrogens (tertiary/aromatic N) is 3. The van der Waals surface area contributed by atoms with Crippen LogP contribution in [-0.2, 0) is 0 Å². The fourth-order valence-corrected chi connectivity index (χ4v) is 4.28. The molecule has 0 aliphatic carbocycles. The van der Waals surface area contributed by atoms with Crippen LogP contribution in [0, 0.1) is 0 Å². The van der Waals surface area contributed by atoms with Crippen molar-refractivity contribution in [1.82, 2.24) is 15.0 Å². The van der Waals surface area contributed by atoms with Crippen LogP contribution in [0.2, 0.25) is 0 Å². The number of unbranched alkanes of at least 4 members (excludes halogenated alkanes) is 5. The molecule has 0 atom stereocenters. The highest BCUT2D eigenvalue weighted by atomic mass is 16.5. The number of hydrogen-bond acceptors (Lipinski definition) is 8. The van der Waals surface area contributed by atoms with Gasteiger partial charge in [0, 0.05) is 18.0 Å². The first-order valence-electron chi connectivity index (χ1n) is 13.5. The van der Waals surface area contributed by atoms with E-state index in [1.54, 1.807) is 31.5 Å². The van der Waals surface area contributed by atoms with E-state index in [9.17, 15) is 9.90 Å². The van der Waals surface area contributed by atoms with Crippen LogP contribution in [-0.4, -0.2) is 39.7 Å². The third kappa shape index (κ3) is 7.69. The molecule has 0 aliphatic rings. The van der Waals surface area contributed by atoms with E-state index in [2.05, 4.69) is 32.5 Å². The zero-order valence-electron chi connectivity index (χ0n) is 22.9. The molecule has 4 rings (SSSR count). The van der Waals surface area contributed by atoms with Crippen molar-refractivity contribution in [2.45, 2.75) is 45.4 Å². The lowest BCUT2D eigenvalue weighted by Gasteiger charge is -2.17. The van der Waals surface area contributed by atoms with Crippen LogP contribution < -0.4 is 20.1 Å². The molecular weight excluding hydrogens is 506 g/mol. The summed E-state index contributed by atoms with van der Waals surface area (Å²) in [4.78, 5) is 24.7. The number of carboxylic acids is 1. The summed E-state index contributed by atoms with van der Waals surface area (Å²) in [6, 6.07) is 18.9. The van der Waals surface area contributed by atoms with Crippen LogP contribution in [0.3, 0.4) is 0 Å². The number of methoxy groups -OCH3 is 1.